The first-order valence-corrected chi connectivity index (χ1v) is 12.6. The Morgan fingerprint density at radius 2 is 1.76 bits per heavy atom. The van der Waals surface area contributed by atoms with Crippen LogP contribution in [0, 0.1) is 5.92 Å². The van der Waals surface area contributed by atoms with E-state index in [-0.39, 0.29) is 18.9 Å². The van der Waals surface area contributed by atoms with Crippen molar-refractivity contribution in [2.45, 2.75) is 19.5 Å². The molecule has 29 heavy (non-hydrogen) atoms. The molecule has 1 heterocycles. The number of ether oxygens (including phenoxy) is 1. The maximum absolute atomic E-state index is 12.9. The van der Waals surface area contributed by atoms with Crippen molar-refractivity contribution in [3.63, 3.8) is 0 Å². The van der Waals surface area contributed by atoms with Crippen molar-refractivity contribution in [1.82, 2.24) is 0 Å². The van der Waals surface area contributed by atoms with E-state index in [1.165, 1.54) is 0 Å². The molecule has 0 saturated heterocycles. The third-order valence-electron chi connectivity index (χ3n) is 4.69. The van der Waals surface area contributed by atoms with Crippen LogP contribution < -0.4 is 0 Å². The van der Waals surface area contributed by atoms with E-state index in [0.717, 1.165) is 22.3 Å². The van der Waals surface area contributed by atoms with Crippen molar-refractivity contribution in [3.05, 3.63) is 82.6 Å². The number of carbonyl (C=O) groups is 1. The Balaban J connectivity index is 1.73. The number of rotatable bonds is 9. The molecule has 0 amide bonds. The van der Waals surface area contributed by atoms with Crippen molar-refractivity contribution < 1.29 is 19.0 Å². The molecule has 3 rings (SSSR count). The Morgan fingerprint density at radius 3 is 2.38 bits per heavy atom. The van der Waals surface area contributed by atoms with Crippen LogP contribution in [0.2, 0.25) is 0 Å². The minimum Gasteiger partial charge on any atom is -0.466 e. The van der Waals surface area contributed by atoms with E-state index in [0.29, 0.717) is 6.42 Å². The lowest BCUT2D eigenvalue weighted by atomic mass is 9.99. The lowest BCUT2D eigenvalue weighted by Gasteiger charge is -2.20. The Kier molecular flexibility index (Phi) is 7.43. The van der Waals surface area contributed by atoms with Crippen LogP contribution >= 0.6 is 18.7 Å². The van der Waals surface area contributed by atoms with Crippen LogP contribution in [0.25, 0.3) is 11.1 Å². The van der Waals surface area contributed by atoms with E-state index in [2.05, 4.69) is 11.4 Å². The minimum absolute atomic E-state index is 0.0564. The van der Waals surface area contributed by atoms with Crippen LogP contribution in [0.1, 0.15) is 18.1 Å². The number of hydrogen-bond donors (Lipinski definition) is 1. The van der Waals surface area contributed by atoms with Crippen LogP contribution in [-0.4, -0.2) is 23.6 Å². The second-order valence-electron chi connectivity index (χ2n) is 7.03. The molecule has 4 nitrogen and oxygen atoms in total. The van der Waals surface area contributed by atoms with Crippen molar-refractivity contribution in [2.24, 2.45) is 5.92 Å². The summed E-state index contributed by atoms with van der Waals surface area (Å²) < 4.78 is 18.0. The normalized spacial score (nSPS) is 14.1. The number of thiophene rings is 1. The molecule has 1 unspecified atom stereocenters. The third kappa shape index (κ3) is 6.40. The largest absolute Gasteiger partial charge is 0.466 e. The fraction of sp³-hybridized carbons (Fsp3) is 0.261. The maximum atomic E-state index is 12.9. The van der Waals surface area contributed by atoms with Gasteiger partial charge in [-0.3, -0.25) is 9.36 Å². The third-order valence-corrected chi connectivity index (χ3v) is 7.24. The van der Waals surface area contributed by atoms with Crippen molar-refractivity contribution >= 4 is 24.7 Å². The van der Waals surface area contributed by atoms with E-state index >= 15 is 0 Å². The zero-order valence-electron chi connectivity index (χ0n) is 16.4. The molecule has 0 saturated carbocycles. The lowest BCUT2D eigenvalue weighted by molar-refractivity contribution is -0.147. The SMILES string of the molecule is CCOC(=O)[C@H](Cc1ccc(-c2ccsc2)cc1)CP(=O)(O)Cc1ccccc1. The Bertz CT molecular complexity index is 952. The number of esters is 1. The summed E-state index contributed by atoms with van der Waals surface area (Å²) >= 11 is 1.65. The van der Waals surface area contributed by atoms with Crippen LogP contribution in [0.4, 0.5) is 0 Å². The monoisotopic (exact) mass is 428 g/mol. The molecule has 6 heteroatoms. The average molecular weight is 428 g/mol. The van der Waals surface area contributed by atoms with Crippen molar-refractivity contribution in [3.8, 4) is 11.1 Å². The molecule has 152 valence electrons. The summed E-state index contributed by atoms with van der Waals surface area (Å²) in [6.45, 7) is 1.99. The Hall–Kier alpha value is -2.20. The van der Waals surface area contributed by atoms with Crippen LogP contribution in [-0.2, 0) is 26.7 Å². The van der Waals surface area contributed by atoms with Crippen molar-refractivity contribution in [2.75, 3.05) is 12.8 Å². The first-order chi connectivity index (χ1) is 14.0. The quantitative estimate of drug-likeness (QED) is 0.356. The van der Waals surface area contributed by atoms with E-state index in [4.69, 9.17) is 4.74 Å². The van der Waals surface area contributed by atoms with Gasteiger partial charge in [0.25, 0.3) is 0 Å². The minimum atomic E-state index is -3.53. The van der Waals surface area contributed by atoms with Gasteiger partial charge in [-0.15, -0.1) is 0 Å². The predicted octanol–water partition coefficient (Wildman–Crippen LogP) is 5.61. The molecule has 0 spiro atoms. The summed E-state index contributed by atoms with van der Waals surface area (Å²) in [5, 5.41) is 4.12. The highest BCUT2D eigenvalue weighted by Crippen LogP contribution is 2.46. The molecular formula is C23H25O4PS. The summed E-state index contributed by atoms with van der Waals surface area (Å²) in [5.41, 5.74) is 4.01. The van der Waals surface area contributed by atoms with Gasteiger partial charge in [-0.05, 0) is 52.4 Å². The molecule has 1 aromatic heterocycles. The molecule has 1 N–H and O–H groups in total. The first-order valence-electron chi connectivity index (χ1n) is 9.60. The van der Waals surface area contributed by atoms with Crippen molar-refractivity contribution in [1.29, 1.82) is 0 Å². The summed E-state index contributed by atoms with van der Waals surface area (Å²) in [5.74, 6) is -1.07. The second-order valence-corrected chi connectivity index (χ2v) is 10.2. The van der Waals surface area contributed by atoms with E-state index in [9.17, 15) is 14.3 Å². The number of carbonyl (C=O) groups excluding carboxylic acids is 1. The highest BCUT2D eigenvalue weighted by Gasteiger charge is 2.30. The van der Waals surface area contributed by atoms with Crippen LogP contribution in [0.15, 0.2) is 71.4 Å². The molecule has 0 radical (unpaired) electrons. The van der Waals surface area contributed by atoms with Gasteiger partial charge in [-0.2, -0.15) is 11.3 Å². The first kappa shape index (κ1) is 21.5. The second kappa shape index (κ2) is 10.0. The molecule has 0 aliphatic carbocycles. The zero-order valence-corrected chi connectivity index (χ0v) is 18.1. The van der Waals surface area contributed by atoms with Crippen LogP contribution in [0.3, 0.4) is 0 Å². The predicted molar refractivity (Wildman–Crippen MR) is 118 cm³/mol. The van der Waals surface area contributed by atoms with E-state index in [1.807, 2.05) is 60.0 Å². The molecule has 2 atom stereocenters. The maximum Gasteiger partial charge on any atom is 0.309 e. The Morgan fingerprint density at radius 1 is 1.03 bits per heavy atom. The van der Waals surface area contributed by atoms with E-state index in [1.54, 1.807) is 18.3 Å². The van der Waals surface area contributed by atoms with Gasteiger partial charge in [0.15, 0.2) is 0 Å². The van der Waals surface area contributed by atoms with Gasteiger partial charge in [-0.1, -0.05) is 54.6 Å². The standard InChI is InChI=1S/C23H25O4PS/c1-2-27-23(24)22(16-28(25,26)15-19-6-4-3-5-7-19)14-18-8-10-20(11-9-18)21-12-13-29-17-21/h3-13,17,22H,2,14-16H2,1H3,(H,25,26)/t22-/m1/s1. The lowest BCUT2D eigenvalue weighted by Crippen LogP contribution is -2.24. The van der Waals surface area contributed by atoms with E-state index < -0.39 is 19.3 Å². The highest BCUT2D eigenvalue weighted by atomic mass is 32.1. The number of hydrogen-bond acceptors (Lipinski definition) is 4. The molecule has 2 aromatic carbocycles. The molecule has 0 fully saturated rings. The smallest absolute Gasteiger partial charge is 0.309 e. The van der Waals surface area contributed by atoms with Gasteiger partial charge in [0.2, 0.25) is 7.37 Å². The van der Waals surface area contributed by atoms with Gasteiger partial charge in [-0.25, -0.2) is 0 Å². The highest BCUT2D eigenvalue weighted by molar-refractivity contribution is 7.57. The Labute approximate surface area is 175 Å². The topological polar surface area (TPSA) is 63.6 Å². The van der Waals surface area contributed by atoms with Gasteiger partial charge in [0.1, 0.15) is 0 Å². The summed E-state index contributed by atoms with van der Waals surface area (Å²) in [7, 11) is -3.53. The van der Waals surface area contributed by atoms with Gasteiger partial charge in [0, 0.05) is 12.3 Å². The summed E-state index contributed by atoms with van der Waals surface area (Å²) in [6, 6.07) is 19.2. The molecular weight excluding hydrogens is 403 g/mol. The zero-order chi connectivity index (χ0) is 20.7. The molecule has 3 aromatic rings. The number of benzene rings is 2. The molecule has 0 aliphatic rings. The van der Waals surface area contributed by atoms with Crippen LogP contribution in [0.5, 0.6) is 0 Å². The van der Waals surface area contributed by atoms with Gasteiger partial charge in [0.05, 0.1) is 12.5 Å². The fourth-order valence-electron chi connectivity index (χ4n) is 3.31. The van der Waals surface area contributed by atoms with Gasteiger partial charge < -0.3 is 9.63 Å². The molecule has 0 aliphatic heterocycles. The summed E-state index contributed by atoms with van der Waals surface area (Å²) in [4.78, 5) is 23.0. The van der Waals surface area contributed by atoms with Gasteiger partial charge >= 0.3 is 5.97 Å². The summed E-state index contributed by atoms with van der Waals surface area (Å²) in [6.07, 6.45) is 0.343. The molecule has 0 bridgehead atoms. The fourth-order valence-corrected chi connectivity index (χ4v) is 5.85. The average Bonchev–Trinajstić information content (AvgIpc) is 3.23.